The number of fused-ring (bicyclic) bond motifs is 1. The number of halogens is 1. The van der Waals surface area contributed by atoms with Crippen LogP contribution >= 0.6 is 0 Å². The molecule has 1 heterocycles. The van der Waals surface area contributed by atoms with Crippen molar-refractivity contribution in [1.82, 2.24) is 4.98 Å². The van der Waals surface area contributed by atoms with Gasteiger partial charge in [-0.2, -0.15) is 0 Å². The third kappa shape index (κ3) is 1.74. The van der Waals surface area contributed by atoms with Gasteiger partial charge in [-0.3, -0.25) is 0 Å². The van der Waals surface area contributed by atoms with Crippen molar-refractivity contribution in [3.8, 4) is 0 Å². The highest BCUT2D eigenvalue weighted by Crippen LogP contribution is 2.26. The molecule has 0 spiro atoms. The molecule has 1 aromatic heterocycles. The Bertz CT molecular complexity index is 490. The lowest BCUT2D eigenvalue weighted by atomic mass is 9.98. The fourth-order valence-corrected chi connectivity index (χ4v) is 1.64. The first kappa shape index (κ1) is 10.1. The summed E-state index contributed by atoms with van der Waals surface area (Å²) in [5.74, 6) is 0.555. The SMILES string of the molecule is CCC(C)c1cc(F)c2nc(C)oc2c1. The third-order valence-corrected chi connectivity index (χ3v) is 2.76. The van der Waals surface area contributed by atoms with Crippen LogP contribution in [0.3, 0.4) is 0 Å². The van der Waals surface area contributed by atoms with Crippen LogP contribution in [-0.4, -0.2) is 4.98 Å². The number of aromatic nitrogens is 1. The van der Waals surface area contributed by atoms with Crippen molar-refractivity contribution in [2.45, 2.75) is 33.1 Å². The van der Waals surface area contributed by atoms with Crippen LogP contribution in [0.25, 0.3) is 11.1 Å². The van der Waals surface area contributed by atoms with E-state index in [4.69, 9.17) is 4.42 Å². The first-order chi connectivity index (χ1) is 7.11. The molecule has 0 aliphatic carbocycles. The minimum atomic E-state index is -0.292. The largest absolute Gasteiger partial charge is 0.441 e. The van der Waals surface area contributed by atoms with Gasteiger partial charge in [0.25, 0.3) is 0 Å². The average Bonchev–Trinajstić information content (AvgIpc) is 2.58. The molecule has 0 bridgehead atoms. The minimum absolute atomic E-state index is 0.292. The number of hydrogen-bond acceptors (Lipinski definition) is 2. The lowest BCUT2D eigenvalue weighted by Gasteiger charge is -2.08. The van der Waals surface area contributed by atoms with Crippen LogP contribution in [-0.2, 0) is 0 Å². The first-order valence-corrected chi connectivity index (χ1v) is 5.18. The molecule has 0 N–H and O–H groups in total. The molecule has 0 radical (unpaired) electrons. The lowest BCUT2D eigenvalue weighted by molar-refractivity contribution is 0.559. The summed E-state index contributed by atoms with van der Waals surface area (Å²) in [6.45, 7) is 5.88. The summed E-state index contributed by atoms with van der Waals surface area (Å²) in [4.78, 5) is 4.00. The predicted octanol–water partition coefficient (Wildman–Crippen LogP) is 3.79. The van der Waals surface area contributed by atoms with E-state index in [-0.39, 0.29) is 5.82 Å². The molecular weight excluding hydrogens is 193 g/mol. The average molecular weight is 207 g/mol. The molecule has 0 aliphatic rings. The van der Waals surface area contributed by atoms with E-state index in [0.29, 0.717) is 22.9 Å². The van der Waals surface area contributed by atoms with Gasteiger partial charge in [0.05, 0.1) is 0 Å². The number of aryl methyl sites for hydroxylation is 1. The topological polar surface area (TPSA) is 26.0 Å². The molecule has 2 rings (SSSR count). The summed E-state index contributed by atoms with van der Waals surface area (Å²) < 4.78 is 19.0. The van der Waals surface area contributed by atoms with Gasteiger partial charge in [-0.05, 0) is 30.0 Å². The van der Waals surface area contributed by atoms with Crippen molar-refractivity contribution < 1.29 is 8.81 Å². The normalized spacial score (nSPS) is 13.3. The van der Waals surface area contributed by atoms with E-state index in [9.17, 15) is 4.39 Å². The monoisotopic (exact) mass is 207 g/mol. The Labute approximate surface area is 88.1 Å². The second-order valence-corrected chi connectivity index (χ2v) is 3.89. The number of hydrogen-bond donors (Lipinski definition) is 0. The molecule has 0 aliphatic heterocycles. The van der Waals surface area contributed by atoms with Crippen molar-refractivity contribution in [3.05, 3.63) is 29.4 Å². The van der Waals surface area contributed by atoms with Crippen molar-refractivity contribution in [1.29, 1.82) is 0 Å². The van der Waals surface area contributed by atoms with Crippen LogP contribution in [0.1, 0.15) is 37.6 Å². The van der Waals surface area contributed by atoms with Crippen LogP contribution < -0.4 is 0 Å². The Kier molecular flexibility index (Phi) is 2.47. The second-order valence-electron chi connectivity index (χ2n) is 3.89. The van der Waals surface area contributed by atoms with Crippen LogP contribution in [0.4, 0.5) is 4.39 Å². The zero-order valence-corrected chi connectivity index (χ0v) is 9.17. The van der Waals surface area contributed by atoms with Gasteiger partial charge in [0.15, 0.2) is 17.3 Å². The Morgan fingerprint density at radius 3 is 2.87 bits per heavy atom. The fraction of sp³-hybridized carbons (Fsp3) is 0.417. The molecule has 0 fully saturated rings. The summed E-state index contributed by atoms with van der Waals surface area (Å²) in [5.41, 5.74) is 1.85. The Balaban J connectivity index is 2.61. The summed E-state index contributed by atoms with van der Waals surface area (Å²) in [6.07, 6.45) is 0.984. The van der Waals surface area contributed by atoms with Gasteiger partial charge in [-0.1, -0.05) is 13.8 Å². The Morgan fingerprint density at radius 2 is 2.20 bits per heavy atom. The molecule has 2 aromatic rings. The summed E-state index contributed by atoms with van der Waals surface area (Å²) in [7, 11) is 0. The van der Waals surface area contributed by atoms with Gasteiger partial charge in [-0.25, -0.2) is 9.37 Å². The maximum atomic E-state index is 13.6. The standard InChI is InChI=1S/C12H14FNO/c1-4-7(2)9-5-10(13)12-11(6-9)15-8(3)14-12/h5-7H,4H2,1-3H3. The molecule has 2 nitrogen and oxygen atoms in total. The molecular formula is C12H14FNO. The zero-order valence-electron chi connectivity index (χ0n) is 9.17. The highest BCUT2D eigenvalue weighted by molar-refractivity contribution is 5.74. The van der Waals surface area contributed by atoms with Crippen molar-refractivity contribution in [2.24, 2.45) is 0 Å². The molecule has 3 heteroatoms. The highest BCUT2D eigenvalue weighted by atomic mass is 19.1. The molecule has 0 saturated heterocycles. The number of benzene rings is 1. The van der Waals surface area contributed by atoms with Gasteiger partial charge >= 0.3 is 0 Å². The number of rotatable bonds is 2. The van der Waals surface area contributed by atoms with E-state index in [1.54, 1.807) is 13.0 Å². The third-order valence-electron chi connectivity index (χ3n) is 2.76. The molecule has 1 aromatic carbocycles. The van der Waals surface area contributed by atoms with Gasteiger partial charge in [0.1, 0.15) is 5.52 Å². The van der Waals surface area contributed by atoms with E-state index in [1.165, 1.54) is 0 Å². The molecule has 80 valence electrons. The van der Waals surface area contributed by atoms with Crippen molar-refractivity contribution in [3.63, 3.8) is 0 Å². The second kappa shape index (κ2) is 3.65. The summed E-state index contributed by atoms with van der Waals surface area (Å²) >= 11 is 0. The van der Waals surface area contributed by atoms with Crippen molar-refractivity contribution in [2.75, 3.05) is 0 Å². The van der Waals surface area contributed by atoms with Gasteiger partial charge in [0, 0.05) is 6.92 Å². The summed E-state index contributed by atoms with van der Waals surface area (Å²) in [5, 5.41) is 0. The molecule has 0 saturated carbocycles. The van der Waals surface area contributed by atoms with Crippen LogP contribution in [0, 0.1) is 12.7 Å². The van der Waals surface area contributed by atoms with E-state index in [2.05, 4.69) is 18.8 Å². The molecule has 1 unspecified atom stereocenters. The molecule has 1 atom stereocenters. The Morgan fingerprint density at radius 1 is 1.47 bits per heavy atom. The summed E-state index contributed by atoms with van der Waals surface area (Å²) in [6, 6.07) is 3.44. The van der Waals surface area contributed by atoms with E-state index < -0.39 is 0 Å². The van der Waals surface area contributed by atoms with Crippen molar-refractivity contribution >= 4 is 11.1 Å². The lowest BCUT2D eigenvalue weighted by Crippen LogP contribution is -1.92. The van der Waals surface area contributed by atoms with Gasteiger partial charge in [-0.15, -0.1) is 0 Å². The van der Waals surface area contributed by atoms with E-state index in [1.807, 2.05) is 6.07 Å². The smallest absolute Gasteiger partial charge is 0.192 e. The van der Waals surface area contributed by atoms with Crippen LogP contribution in [0.15, 0.2) is 16.5 Å². The fourth-order valence-electron chi connectivity index (χ4n) is 1.64. The van der Waals surface area contributed by atoms with Gasteiger partial charge < -0.3 is 4.42 Å². The minimum Gasteiger partial charge on any atom is -0.441 e. The van der Waals surface area contributed by atoms with Gasteiger partial charge in [0.2, 0.25) is 0 Å². The predicted molar refractivity (Wildman–Crippen MR) is 57.4 cm³/mol. The maximum Gasteiger partial charge on any atom is 0.192 e. The highest BCUT2D eigenvalue weighted by Gasteiger charge is 2.12. The molecule has 15 heavy (non-hydrogen) atoms. The first-order valence-electron chi connectivity index (χ1n) is 5.18. The molecule has 0 amide bonds. The zero-order chi connectivity index (χ0) is 11.0. The number of nitrogens with zero attached hydrogens (tertiary/aromatic N) is 1. The quantitative estimate of drug-likeness (QED) is 0.748. The number of oxazole rings is 1. The van der Waals surface area contributed by atoms with Crippen LogP contribution in [0.5, 0.6) is 0 Å². The Hall–Kier alpha value is -1.38. The maximum absolute atomic E-state index is 13.6. The van der Waals surface area contributed by atoms with E-state index >= 15 is 0 Å². The van der Waals surface area contributed by atoms with Crippen LogP contribution in [0.2, 0.25) is 0 Å². The van der Waals surface area contributed by atoms with E-state index in [0.717, 1.165) is 12.0 Å².